The molecule has 18 aliphatic rings. The lowest BCUT2D eigenvalue weighted by Crippen LogP contribution is -2.63. The van der Waals surface area contributed by atoms with Gasteiger partial charge in [0.05, 0.1) is 12.2 Å². The molecule has 2 aromatic rings. The number of hydrogen-bond donors (Lipinski definition) is 7. The minimum Gasteiger partial charge on any atom is -0.504 e. The number of aromatic hydroxyl groups is 1. The molecule has 0 aromatic heterocycles. The van der Waals surface area contributed by atoms with Crippen molar-refractivity contribution < 1.29 is 34.4 Å². The topological polar surface area (TPSA) is 231 Å². The summed E-state index contributed by atoms with van der Waals surface area (Å²) in [5, 5.41) is 44.0. The molecule has 2 aromatic carbocycles. The Bertz CT molecular complexity index is 3230. The van der Waals surface area contributed by atoms with Gasteiger partial charge >= 0.3 is 5.97 Å². The molecular weight excluding hydrogens is 1150 g/mol. The molecule has 10 N–H and O–H groups in total. The van der Waals surface area contributed by atoms with Gasteiger partial charge in [-0.25, -0.2) is 0 Å². The summed E-state index contributed by atoms with van der Waals surface area (Å²) >= 11 is 0. The third kappa shape index (κ3) is 9.09. The molecule has 20 atom stereocenters. The Kier molecular flexibility index (Phi) is 14.8. The van der Waals surface area contributed by atoms with E-state index < -0.39 is 28.8 Å². The molecule has 10 fully saturated rings. The van der Waals surface area contributed by atoms with Crippen molar-refractivity contribution in [3.05, 3.63) is 83.0 Å². The molecular formula is C73H99N7O7S2. The number of amides is 1. The predicted octanol–water partition coefficient (Wildman–Crippen LogP) is 11.8. The summed E-state index contributed by atoms with van der Waals surface area (Å²) in [5.74, 6) is 2.67. The lowest BCUT2D eigenvalue weighted by atomic mass is 9.41. The van der Waals surface area contributed by atoms with Gasteiger partial charge < -0.3 is 52.2 Å². The fraction of sp³-hybridized carbons (Fsp3) is 0.726. The maximum atomic E-state index is 15.2. The van der Waals surface area contributed by atoms with Crippen LogP contribution in [-0.2, 0) is 27.3 Å². The monoisotopic (exact) mass is 1250 g/mol. The molecule has 9 saturated carbocycles. The number of aliphatic hydroxyl groups excluding tert-OH is 2. The Morgan fingerprint density at radius 3 is 2.53 bits per heavy atom. The first-order valence-corrected chi connectivity index (χ1v) is 37.6. The quantitative estimate of drug-likeness (QED) is 0.0486. The Morgan fingerprint density at radius 1 is 0.876 bits per heavy atom. The molecule has 6 spiro atoms. The van der Waals surface area contributed by atoms with Crippen LogP contribution in [0.25, 0.3) is 0 Å². The molecule has 89 heavy (non-hydrogen) atoms. The van der Waals surface area contributed by atoms with Crippen LogP contribution in [0.3, 0.4) is 0 Å². The molecule has 480 valence electrons. The van der Waals surface area contributed by atoms with Crippen molar-refractivity contribution in [2.24, 2.45) is 102 Å². The fourth-order valence-electron chi connectivity index (χ4n) is 25.0. The highest BCUT2D eigenvalue weighted by Crippen LogP contribution is 2.77. The summed E-state index contributed by atoms with van der Waals surface area (Å²) < 4.78 is 14.2. The van der Waals surface area contributed by atoms with Crippen molar-refractivity contribution in [2.45, 2.75) is 232 Å². The van der Waals surface area contributed by atoms with E-state index in [0.29, 0.717) is 74.4 Å². The van der Waals surface area contributed by atoms with E-state index in [4.69, 9.17) is 31.7 Å². The smallest absolute Gasteiger partial charge is 0.303 e. The van der Waals surface area contributed by atoms with E-state index in [1.165, 1.54) is 37.7 Å². The highest BCUT2D eigenvalue weighted by Gasteiger charge is 2.72. The first kappa shape index (κ1) is 59.6. The van der Waals surface area contributed by atoms with E-state index in [9.17, 15) is 20.1 Å². The number of aliphatic imine (C=N–C) groups is 2. The standard InChI is InChI=1S/C73H99N7O7S2/c1-43(81)86-71-37-47-13-14-51(71)36-48-34-49(62(84)63-60(48)46-22-32-70(87-63)28-7-12-50(70)35-46)41-80-42-68(39-59(80)83)52(15-17-54(68)44-10-3-2-4-11-44)40-78-66(76)79-73(30-8-26-67(73)24-5-6-25-67)89-88-58-20-19-55-53(61(47)57(82)38-71)16-18-56(58)72(55)29-9-27-69(72)31-21-45(64(69)85)23-33-77-65(74)75/h2-4,10-11,19-20,22,32,34,45-47,50-58,61,64,82,84-85H,5-9,12-18,21,23-31,33,35-42H2,1H3,(H4,74,75,77)(H3,76,78,79)/t45-,46-,47-,50-,51+,52-,53-,54-,55-,56-,57+,58-,61-,64-,68+,69-,70+,71-,72+,73+/m0/s1. The lowest BCUT2D eigenvalue weighted by Gasteiger charge is -2.65. The van der Waals surface area contributed by atoms with Gasteiger partial charge in [0.1, 0.15) is 16.1 Å². The molecule has 11 aliphatic carbocycles. The number of esters is 1. The molecule has 16 heteroatoms. The number of phenolic OH excluding ortho intramolecular Hbond substituents is 1. The van der Waals surface area contributed by atoms with E-state index in [1.807, 2.05) is 4.90 Å². The molecule has 14 nitrogen and oxygen atoms in total. The van der Waals surface area contributed by atoms with Crippen molar-refractivity contribution in [1.29, 1.82) is 0 Å². The van der Waals surface area contributed by atoms with Crippen LogP contribution in [-0.4, -0.2) is 97.2 Å². The molecule has 1 saturated heterocycles. The van der Waals surface area contributed by atoms with Gasteiger partial charge in [-0.1, -0.05) is 89.4 Å². The minimum atomic E-state index is -0.890. The number of phenols is 1. The van der Waals surface area contributed by atoms with Crippen LogP contribution in [0.5, 0.6) is 11.5 Å². The van der Waals surface area contributed by atoms with Gasteiger partial charge in [-0.15, -0.1) is 0 Å². The van der Waals surface area contributed by atoms with Crippen LogP contribution < -0.4 is 27.3 Å². The highest BCUT2D eigenvalue weighted by atomic mass is 33.1. The van der Waals surface area contributed by atoms with Crippen LogP contribution in [0, 0.1) is 74.9 Å². The van der Waals surface area contributed by atoms with Gasteiger partial charge in [0, 0.05) is 96.3 Å². The highest BCUT2D eigenvalue weighted by molar-refractivity contribution is 8.77. The van der Waals surface area contributed by atoms with Gasteiger partial charge in [-0.05, 0) is 217 Å². The van der Waals surface area contributed by atoms with Crippen molar-refractivity contribution >= 4 is 45.4 Å². The Balaban J connectivity index is 0.827. The second-order valence-electron chi connectivity index (χ2n) is 31.8. The molecule has 0 unspecified atom stereocenters. The summed E-state index contributed by atoms with van der Waals surface area (Å²) in [7, 11) is 4.15. The Labute approximate surface area is 535 Å². The first-order chi connectivity index (χ1) is 43.0. The van der Waals surface area contributed by atoms with Gasteiger partial charge in [-0.3, -0.25) is 19.6 Å². The number of benzene rings is 2. The zero-order chi connectivity index (χ0) is 60.9. The summed E-state index contributed by atoms with van der Waals surface area (Å²) in [4.78, 5) is 40.6. The zero-order valence-electron chi connectivity index (χ0n) is 52.6. The Hall–Kier alpha value is -4.38. The number of aliphatic hydroxyl groups is 2. The fourth-order valence-corrected chi connectivity index (χ4v) is 29.2. The molecule has 0 radical (unpaired) electrons. The van der Waals surface area contributed by atoms with Gasteiger partial charge in [0.2, 0.25) is 5.91 Å². The minimum absolute atomic E-state index is 0.0139. The maximum absolute atomic E-state index is 15.2. The van der Waals surface area contributed by atoms with Gasteiger partial charge in [0.15, 0.2) is 23.4 Å². The number of allylic oxidation sites excluding steroid dienone is 2. The number of carbonyl (C=O) groups is 2. The molecule has 20 rings (SSSR count). The average Bonchev–Trinajstić information content (AvgIpc) is 1.60. The largest absolute Gasteiger partial charge is 0.504 e. The summed E-state index contributed by atoms with van der Waals surface area (Å²) in [6.45, 7) is 3.40. The molecule has 1 amide bonds. The van der Waals surface area contributed by atoms with Crippen LogP contribution in [0.1, 0.15) is 208 Å². The number of nitrogens with zero attached hydrogens (tertiary/aromatic N) is 3. The SMILES string of the molecule is CC(=O)O[C@]12C[C@@H]3CC[C@@H]1Cc1cc(c(O)c4c1[C@H]1C=C[C@@]5(CCC[C@H]5C1)O4)CN1C[C@]4(CC1=O)[C@@H](CC[C@H]4c1ccccc1)CN=C(N)N[C@]1(CCCC14CCCC4)SS[C@H]1C=C[C@H]4[C@H](CC[C@@H]1[C@@]41CCC[C@@]14CC[C@@H](CCN=C(N)N)[C@@H]4O)[C@H]3[C@H](O)C2. The second-order valence-corrected chi connectivity index (χ2v) is 34.5. The van der Waals surface area contributed by atoms with E-state index in [0.717, 1.165) is 127 Å². The number of hydrogen-bond acceptors (Lipinski definition) is 13. The molecule has 7 heterocycles. The van der Waals surface area contributed by atoms with Crippen molar-refractivity contribution in [2.75, 3.05) is 19.6 Å². The summed E-state index contributed by atoms with van der Waals surface area (Å²) in [6.07, 6.45) is 34.5. The van der Waals surface area contributed by atoms with E-state index in [1.54, 1.807) is 6.92 Å². The number of rotatable bonds is 5. The maximum Gasteiger partial charge on any atom is 0.303 e. The third-order valence-corrected chi connectivity index (χ3v) is 32.1. The average molecular weight is 1250 g/mol. The summed E-state index contributed by atoms with van der Waals surface area (Å²) in [5.41, 5.74) is 21.2. The first-order valence-electron chi connectivity index (χ1n) is 35.3. The van der Waals surface area contributed by atoms with Crippen LogP contribution in [0.4, 0.5) is 0 Å². The number of fused-ring (bicyclic) bond motifs is 2. The third-order valence-electron chi connectivity index (χ3n) is 28.4. The van der Waals surface area contributed by atoms with Crippen molar-refractivity contribution in [3.8, 4) is 11.5 Å². The summed E-state index contributed by atoms with van der Waals surface area (Å²) in [6, 6.07) is 13.0. The normalized spacial score (nSPS) is 44.7. The number of nitrogens with two attached hydrogens (primary N) is 3. The van der Waals surface area contributed by atoms with Crippen LogP contribution >= 0.6 is 21.6 Å². The van der Waals surface area contributed by atoms with E-state index in [2.05, 4.69) is 92.6 Å². The van der Waals surface area contributed by atoms with Crippen molar-refractivity contribution in [3.63, 3.8) is 0 Å². The van der Waals surface area contributed by atoms with Crippen molar-refractivity contribution in [1.82, 2.24) is 10.2 Å². The lowest BCUT2D eigenvalue weighted by molar-refractivity contribution is -0.210. The number of ether oxygens (including phenoxy) is 2. The van der Waals surface area contributed by atoms with Gasteiger partial charge in [0.25, 0.3) is 0 Å². The Morgan fingerprint density at radius 2 is 1.70 bits per heavy atom. The van der Waals surface area contributed by atoms with E-state index in [-0.39, 0.29) is 110 Å². The molecule has 14 bridgehead atoms. The number of nitrogens with one attached hydrogen (secondary N) is 1. The predicted molar refractivity (Wildman–Crippen MR) is 350 cm³/mol. The number of carbonyl (C=O) groups excluding carboxylic acids is 2. The number of guanidine groups is 2. The van der Waals surface area contributed by atoms with Crippen LogP contribution in [0.15, 0.2) is 70.7 Å². The molecule has 7 aliphatic heterocycles. The van der Waals surface area contributed by atoms with Gasteiger partial charge in [-0.2, -0.15) is 0 Å². The second kappa shape index (κ2) is 22.1. The van der Waals surface area contributed by atoms with Crippen LogP contribution in [0.2, 0.25) is 0 Å². The van der Waals surface area contributed by atoms with E-state index >= 15 is 4.79 Å². The zero-order valence-corrected chi connectivity index (χ0v) is 54.3.